The molecular weight excluding hydrogens is 326 g/mol. The molecule has 0 atom stereocenters. The quantitative estimate of drug-likeness (QED) is 0.727. The maximum atomic E-state index is 6.08. The molecule has 4 heterocycles. The number of aromatic nitrogens is 6. The minimum absolute atomic E-state index is 0.352. The van der Waals surface area contributed by atoms with Gasteiger partial charge in [-0.05, 0) is 24.8 Å². The van der Waals surface area contributed by atoms with Crippen molar-refractivity contribution in [2.45, 2.75) is 32.1 Å². The molecule has 24 heavy (non-hydrogen) atoms. The molecule has 3 aromatic rings. The Morgan fingerprint density at radius 3 is 2.58 bits per heavy atom. The van der Waals surface area contributed by atoms with Crippen molar-refractivity contribution in [1.29, 1.82) is 0 Å². The van der Waals surface area contributed by atoms with Crippen molar-refractivity contribution in [2.75, 3.05) is 18.0 Å². The zero-order chi connectivity index (χ0) is 16.5. The number of hydrogen-bond donors (Lipinski definition) is 0. The van der Waals surface area contributed by atoms with Gasteiger partial charge in [-0.2, -0.15) is 0 Å². The van der Waals surface area contributed by atoms with E-state index in [2.05, 4.69) is 37.0 Å². The largest absolute Gasteiger partial charge is 0.341 e. The number of rotatable bonds is 3. The molecule has 0 unspecified atom stereocenters. The number of anilines is 1. The van der Waals surface area contributed by atoms with Crippen LogP contribution in [0.25, 0.3) is 5.65 Å². The number of piperidine rings is 1. The average molecular weight is 344 g/mol. The maximum Gasteiger partial charge on any atom is 0.225 e. The number of fused-ring (bicyclic) bond motifs is 1. The predicted octanol–water partition coefficient (Wildman–Crippen LogP) is 2.51. The molecule has 8 heteroatoms. The summed E-state index contributed by atoms with van der Waals surface area (Å²) in [5.74, 6) is 2.12. The summed E-state index contributed by atoms with van der Waals surface area (Å²) in [7, 11) is 0. The number of halogens is 1. The Morgan fingerprint density at radius 2 is 1.88 bits per heavy atom. The molecule has 0 aliphatic carbocycles. The lowest BCUT2D eigenvalue weighted by Gasteiger charge is -2.31. The summed E-state index contributed by atoms with van der Waals surface area (Å²) < 4.78 is 1.95. The predicted molar refractivity (Wildman–Crippen MR) is 91.4 cm³/mol. The van der Waals surface area contributed by atoms with Crippen LogP contribution in [0.1, 0.15) is 37.1 Å². The van der Waals surface area contributed by atoms with Crippen LogP contribution in [0.3, 0.4) is 0 Å². The summed E-state index contributed by atoms with van der Waals surface area (Å²) in [5.41, 5.74) is 1.78. The number of hydrogen-bond acceptors (Lipinski definition) is 6. The van der Waals surface area contributed by atoms with Crippen LogP contribution in [0, 0.1) is 0 Å². The van der Waals surface area contributed by atoms with Crippen LogP contribution in [0.5, 0.6) is 0 Å². The highest BCUT2D eigenvalue weighted by Gasteiger charge is 2.26. The van der Waals surface area contributed by atoms with Crippen LogP contribution in [0.4, 0.5) is 5.95 Å². The van der Waals surface area contributed by atoms with Gasteiger partial charge in [-0.3, -0.25) is 4.40 Å². The van der Waals surface area contributed by atoms with E-state index in [1.807, 2.05) is 23.0 Å². The molecule has 1 fully saturated rings. The third-order valence-electron chi connectivity index (χ3n) is 4.55. The summed E-state index contributed by atoms with van der Waals surface area (Å²) in [6, 6.07) is 0. The van der Waals surface area contributed by atoms with Gasteiger partial charge < -0.3 is 4.90 Å². The summed E-state index contributed by atoms with van der Waals surface area (Å²) in [5, 5.41) is 8.90. The molecule has 0 aromatic carbocycles. The lowest BCUT2D eigenvalue weighted by molar-refractivity contribution is 0.477. The lowest BCUT2D eigenvalue weighted by Crippen LogP contribution is -2.34. The first-order valence-corrected chi connectivity index (χ1v) is 8.55. The topological polar surface area (TPSA) is 72.1 Å². The molecule has 3 aromatic heterocycles. The Hall–Kier alpha value is -2.28. The van der Waals surface area contributed by atoms with Crippen LogP contribution in [0.15, 0.2) is 24.8 Å². The molecule has 1 aliphatic rings. The Balaban J connectivity index is 1.50. The number of nitrogens with zero attached hydrogens (tertiary/aromatic N) is 7. The van der Waals surface area contributed by atoms with Crippen molar-refractivity contribution >= 4 is 23.2 Å². The highest BCUT2D eigenvalue weighted by molar-refractivity contribution is 6.32. The van der Waals surface area contributed by atoms with Crippen molar-refractivity contribution in [3.8, 4) is 0 Å². The van der Waals surface area contributed by atoms with Crippen LogP contribution in [0.2, 0.25) is 5.15 Å². The van der Waals surface area contributed by atoms with E-state index >= 15 is 0 Å². The van der Waals surface area contributed by atoms with Gasteiger partial charge in [0.15, 0.2) is 10.8 Å². The van der Waals surface area contributed by atoms with Crippen molar-refractivity contribution in [1.82, 2.24) is 29.5 Å². The van der Waals surface area contributed by atoms with Crippen molar-refractivity contribution in [2.24, 2.45) is 0 Å². The standard InChI is InChI=1S/C16H18ClN7/c1-2-11-9-19-16(20-10-11)23-6-3-12(4-7-23)14-21-22-15-13(17)18-5-8-24(14)15/h5,8-10,12H,2-4,6-7H2,1H3. The van der Waals surface area contributed by atoms with Gasteiger partial charge in [0, 0.05) is 43.8 Å². The minimum Gasteiger partial charge on any atom is -0.341 e. The Labute approximate surface area is 144 Å². The fourth-order valence-electron chi connectivity index (χ4n) is 3.12. The van der Waals surface area contributed by atoms with Crippen LogP contribution in [-0.2, 0) is 6.42 Å². The summed E-state index contributed by atoms with van der Waals surface area (Å²) >= 11 is 6.08. The van der Waals surface area contributed by atoms with Gasteiger partial charge in [0.25, 0.3) is 0 Å². The minimum atomic E-state index is 0.352. The van der Waals surface area contributed by atoms with Gasteiger partial charge in [0.05, 0.1) is 0 Å². The molecule has 0 spiro atoms. The normalized spacial score (nSPS) is 16.0. The molecular formula is C16H18ClN7. The average Bonchev–Trinajstić information content (AvgIpc) is 3.07. The molecule has 0 radical (unpaired) electrons. The van der Waals surface area contributed by atoms with Crippen LogP contribution < -0.4 is 4.90 Å². The zero-order valence-electron chi connectivity index (χ0n) is 13.4. The Bertz CT molecular complexity index is 837. The zero-order valence-corrected chi connectivity index (χ0v) is 14.2. The van der Waals surface area contributed by atoms with Crippen LogP contribution in [-0.4, -0.2) is 42.6 Å². The second kappa shape index (κ2) is 6.32. The fourth-order valence-corrected chi connectivity index (χ4v) is 3.31. The Morgan fingerprint density at radius 1 is 1.12 bits per heavy atom. The molecule has 1 aliphatic heterocycles. The van der Waals surface area contributed by atoms with E-state index < -0.39 is 0 Å². The van der Waals surface area contributed by atoms with Gasteiger partial charge >= 0.3 is 0 Å². The fraction of sp³-hybridized carbons (Fsp3) is 0.438. The molecule has 7 nitrogen and oxygen atoms in total. The van der Waals surface area contributed by atoms with Gasteiger partial charge in [-0.25, -0.2) is 15.0 Å². The van der Waals surface area contributed by atoms with E-state index in [1.54, 1.807) is 6.20 Å². The van der Waals surface area contributed by atoms with Gasteiger partial charge in [-0.15, -0.1) is 10.2 Å². The molecule has 0 bridgehead atoms. The highest BCUT2D eigenvalue weighted by Crippen LogP contribution is 2.29. The van der Waals surface area contributed by atoms with E-state index in [0.717, 1.165) is 49.7 Å². The van der Waals surface area contributed by atoms with E-state index in [4.69, 9.17) is 11.6 Å². The van der Waals surface area contributed by atoms with Crippen LogP contribution >= 0.6 is 11.6 Å². The van der Waals surface area contributed by atoms with E-state index in [9.17, 15) is 0 Å². The molecule has 4 rings (SSSR count). The summed E-state index contributed by atoms with van der Waals surface area (Å²) in [6.07, 6.45) is 10.3. The summed E-state index contributed by atoms with van der Waals surface area (Å²) in [4.78, 5) is 15.2. The lowest BCUT2D eigenvalue weighted by atomic mass is 9.96. The second-order valence-corrected chi connectivity index (χ2v) is 6.33. The third kappa shape index (κ3) is 2.69. The molecule has 1 saturated heterocycles. The smallest absolute Gasteiger partial charge is 0.225 e. The maximum absolute atomic E-state index is 6.08. The van der Waals surface area contributed by atoms with Gasteiger partial charge in [-0.1, -0.05) is 18.5 Å². The van der Waals surface area contributed by atoms with Gasteiger partial charge in [0.1, 0.15) is 5.82 Å². The van der Waals surface area contributed by atoms with E-state index in [1.165, 1.54) is 0 Å². The van der Waals surface area contributed by atoms with Crippen molar-refractivity contribution in [3.63, 3.8) is 0 Å². The van der Waals surface area contributed by atoms with E-state index in [0.29, 0.717) is 16.7 Å². The van der Waals surface area contributed by atoms with Crippen molar-refractivity contribution < 1.29 is 0 Å². The van der Waals surface area contributed by atoms with E-state index in [-0.39, 0.29) is 0 Å². The number of aryl methyl sites for hydroxylation is 1. The van der Waals surface area contributed by atoms with Crippen molar-refractivity contribution in [3.05, 3.63) is 41.3 Å². The van der Waals surface area contributed by atoms with Gasteiger partial charge in [0.2, 0.25) is 5.95 Å². The highest BCUT2D eigenvalue weighted by atomic mass is 35.5. The summed E-state index contributed by atoms with van der Waals surface area (Å²) in [6.45, 7) is 3.92. The first-order chi connectivity index (χ1) is 11.8. The molecule has 0 N–H and O–H groups in total. The molecule has 124 valence electrons. The SMILES string of the molecule is CCc1cnc(N2CCC(c3nnc4c(Cl)nccn34)CC2)nc1. The first kappa shape index (κ1) is 15.3. The molecule has 0 amide bonds. The first-order valence-electron chi connectivity index (χ1n) is 8.17. The Kier molecular flexibility index (Phi) is 4.02. The third-order valence-corrected chi connectivity index (χ3v) is 4.82. The monoisotopic (exact) mass is 343 g/mol. The molecule has 0 saturated carbocycles. The second-order valence-electron chi connectivity index (χ2n) is 5.98.